The lowest BCUT2D eigenvalue weighted by Gasteiger charge is -2.42. The molecule has 6 rings (SSSR count). The fourth-order valence-corrected chi connectivity index (χ4v) is 7.00. The SMILES string of the molecule is COc1cc(C2C3=CCC4C(=O)N(c5ccccc5)C(=O)C4C3CC3=C2C(=O)C=C(Br)C3=O)cc(Cl)c1O. The van der Waals surface area contributed by atoms with Crippen LogP contribution in [0.2, 0.25) is 5.02 Å². The number of imide groups is 1. The van der Waals surface area contributed by atoms with Crippen LogP contribution in [0.5, 0.6) is 11.5 Å². The molecule has 4 atom stereocenters. The van der Waals surface area contributed by atoms with E-state index in [0.29, 0.717) is 28.8 Å². The number of fused-ring (bicyclic) bond motifs is 3. The molecule has 38 heavy (non-hydrogen) atoms. The van der Waals surface area contributed by atoms with Crippen molar-refractivity contribution in [2.24, 2.45) is 17.8 Å². The number of amides is 2. The van der Waals surface area contributed by atoms with E-state index in [1.165, 1.54) is 18.1 Å². The number of anilines is 1. The van der Waals surface area contributed by atoms with E-state index in [9.17, 15) is 24.3 Å². The Bertz CT molecular complexity index is 1540. The molecule has 3 aliphatic carbocycles. The number of benzene rings is 2. The van der Waals surface area contributed by atoms with Crippen molar-refractivity contribution in [1.29, 1.82) is 0 Å². The van der Waals surface area contributed by atoms with E-state index in [1.54, 1.807) is 36.4 Å². The molecule has 0 aromatic heterocycles. The first-order chi connectivity index (χ1) is 18.2. The number of carbonyl (C=O) groups excluding carboxylic acids is 4. The molecule has 0 bridgehead atoms. The van der Waals surface area contributed by atoms with Crippen molar-refractivity contribution in [3.63, 3.8) is 0 Å². The summed E-state index contributed by atoms with van der Waals surface area (Å²) in [4.78, 5) is 55.2. The third-order valence-corrected chi connectivity index (χ3v) is 8.83. The van der Waals surface area contributed by atoms with Crippen molar-refractivity contribution in [3.8, 4) is 11.5 Å². The van der Waals surface area contributed by atoms with Gasteiger partial charge in [-0.1, -0.05) is 41.4 Å². The van der Waals surface area contributed by atoms with Crippen LogP contribution < -0.4 is 9.64 Å². The summed E-state index contributed by atoms with van der Waals surface area (Å²) in [6.45, 7) is 0. The number of carbonyl (C=O) groups is 4. The monoisotopic (exact) mass is 593 g/mol. The first-order valence-electron chi connectivity index (χ1n) is 12.1. The van der Waals surface area contributed by atoms with Crippen LogP contribution in [0.1, 0.15) is 24.3 Å². The minimum Gasteiger partial charge on any atom is -0.503 e. The van der Waals surface area contributed by atoms with E-state index >= 15 is 0 Å². The number of ketones is 2. The Hall–Kier alpha value is -3.49. The first kappa shape index (κ1) is 24.8. The molecule has 1 fully saturated rings. The lowest BCUT2D eigenvalue weighted by molar-refractivity contribution is -0.123. The Morgan fingerprint density at radius 3 is 2.50 bits per heavy atom. The van der Waals surface area contributed by atoms with E-state index in [2.05, 4.69) is 15.9 Å². The maximum atomic E-state index is 13.8. The van der Waals surface area contributed by atoms with Crippen molar-refractivity contribution in [2.75, 3.05) is 12.0 Å². The van der Waals surface area contributed by atoms with E-state index < -0.39 is 23.7 Å². The standard InChI is InChI=1S/C29H21BrClNO6/c1-38-22-10-13(9-20(31)27(22)35)23-15-7-8-16-24(29(37)32(28(16)36)14-5-3-2-4-6-14)17(15)11-18-25(23)21(33)12-19(30)26(18)34/h2-7,9-10,12,16-17,23-24,35H,8,11H2,1H3. The number of rotatable bonds is 3. The number of nitrogens with zero attached hydrogens (tertiary/aromatic N) is 1. The molecule has 1 aliphatic heterocycles. The summed E-state index contributed by atoms with van der Waals surface area (Å²) >= 11 is 9.55. The highest BCUT2D eigenvalue weighted by molar-refractivity contribution is 9.12. The van der Waals surface area contributed by atoms with Gasteiger partial charge in [0.1, 0.15) is 0 Å². The zero-order valence-corrected chi connectivity index (χ0v) is 22.5. The van der Waals surface area contributed by atoms with Gasteiger partial charge in [-0.15, -0.1) is 0 Å². The molecule has 0 radical (unpaired) electrons. The van der Waals surface area contributed by atoms with Crippen molar-refractivity contribution >= 4 is 56.6 Å². The minimum atomic E-state index is -0.696. The van der Waals surface area contributed by atoms with Crippen LogP contribution in [0.4, 0.5) is 5.69 Å². The molecular formula is C29H21BrClNO6. The van der Waals surface area contributed by atoms with Crippen molar-refractivity contribution in [2.45, 2.75) is 18.8 Å². The molecule has 2 aromatic carbocycles. The van der Waals surface area contributed by atoms with Gasteiger partial charge in [0.2, 0.25) is 11.8 Å². The molecule has 1 saturated heterocycles. The Balaban J connectivity index is 1.52. The Labute approximate surface area is 231 Å². The summed E-state index contributed by atoms with van der Waals surface area (Å²) in [6.07, 6.45) is 3.69. The third kappa shape index (κ3) is 3.54. The molecule has 0 saturated carbocycles. The summed E-state index contributed by atoms with van der Waals surface area (Å²) in [7, 11) is 1.39. The molecule has 2 amide bonds. The molecule has 4 aliphatic rings. The lowest BCUT2D eigenvalue weighted by atomic mass is 9.59. The predicted octanol–water partition coefficient (Wildman–Crippen LogP) is 5.02. The molecule has 2 aromatic rings. The van der Waals surface area contributed by atoms with E-state index in [1.807, 2.05) is 12.1 Å². The van der Waals surface area contributed by atoms with Crippen LogP contribution in [0.25, 0.3) is 0 Å². The highest BCUT2D eigenvalue weighted by Gasteiger charge is 2.56. The fourth-order valence-electron chi connectivity index (χ4n) is 6.33. The second kappa shape index (κ2) is 9.06. The predicted molar refractivity (Wildman–Crippen MR) is 143 cm³/mol. The third-order valence-electron chi connectivity index (χ3n) is 7.95. The molecule has 1 heterocycles. The summed E-state index contributed by atoms with van der Waals surface area (Å²) in [6, 6.07) is 11.9. The average Bonchev–Trinajstić information content (AvgIpc) is 3.17. The average molecular weight is 595 g/mol. The summed E-state index contributed by atoms with van der Waals surface area (Å²) < 4.78 is 5.46. The summed E-state index contributed by atoms with van der Waals surface area (Å²) in [5, 5.41) is 10.4. The normalized spacial score (nSPS) is 26.6. The maximum Gasteiger partial charge on any atom is 0.238 e. The van der Waals surface area contributed by atoms with Gasteiger partial charge in [0.05, 0.1) is 34.1 Å². The topological polar surface area (TPSA) is 101 Å². The zero-order valence-electron chi connectivity index (χ0n) is 20.1. The van der Waals surface area contributed by atoms with Crippen LogP contribution in [0, 0.1) is 17.8 Å². The lowest BCUT2D eigenvalue weighted by Crippen LogP contribution is -2.39. The van der Waals surface area contributed by atoms with Crippen LogP contribution in [0.3, 0.4) is 0 Å². The summed E-state index contributed by atoms with van der Waals surface area (Å²) in [5.74, 6) is -3.74. The van der Waals surface area contributed by atoms with Crippen LogP contribution in [-0.4, -0.2) is 35.6 Å². The Kier molecular flexibility index (Phi) is 5.92. The van der Waals surface area contributed by atoms with Gasteiger partial charge >= 0.3 is 0 Å². The first-order valence-corrected chi connectivity index (χ1v) is 13.3. The minimum absolute atomic E-state index is 0.0339. The summed E-state index contributed by atoms with van der Waals surface area (Å²) in [5.41, 5.74) is 2.49. The van der Waals surface area contributed by atoms with Gasteiger partial charge in [0.15, 0.2) is 23.1 Å². The number of phenols is 1. The van der Waals surface area contributed by atoms with Gasteiger partial charge in [-0.2, -0.15) is 0 Å². The largest absolute Gasteiger partial charge is 0.503 e. The quantitative estimate of drug-likeness (QED) is 0.304. The molecule has 0 spiro atoms. The van der Waals surface area contributed by atoms with Gasteiger partial charge in [0.25, 0.3) is 0 Å². The van der Waals surface area contributed by atoms with Crippen LogP contribution in [-0.2, 0) is 19.2 Å². The number of methoxy groups -OCH3 is 1. The van der Waals surface area contributed by atoms with Crippen LogP contribution >= 0.6 is 27.5 Å². The number of halogens is 2. The smallest absolute Gasteiger partial charge is 0.238 e. The number of hydrogen-bond donors (Lipinski definition) is 1. The maximum absolute atomic E-state index is 13.8. The van der Waals surface area contributed by atoms with Crippen molar-refractivity contribution in [1.82, 2.24) is 0 Å². The number of phenolic OH excluding ortho intramolecular Hbond substituents is 1. The van der Waals surface area contributed by atoms with Gasteiger partial charge in [-0.3, -0.25) is 24.1 Å². The Morgan fingerprint density at radius 2 is 1.79 bits per heavy atom. The molecular weight excluding hydrogens is 574 g/mol. The molecule has 192 valence electrons. The molecule has 1 N–H and O–H groups in total. The highest BCUT2D eigenvalue weighted by atomic mass is 79.9. The van der Waals surface area contributed by atoms with Crippen LogP contribution in [0.15, 0.2) is 75.8 Å². The van der Waals surface area contributed by atoms with E-state index in [-0.39, 0.29) is 50.8 Å². The zero-order chi connectivity index (χ0) is 26.9. The van der Waals surface area contributed by atoms with Gasteiger partial charge in [-0.05, 0) is 64.5 Å². The highest BCUT2D eigenvalue weighted by Crippen LogP contribution is 2.56. The molecule has 4 unspecified atom stereocenters. The van der Waals surface area contributed by atoms with Gasteiger partial charge in [-0.25, -0.2) is 0 Å². The number of allylic oxidation sites excluding steroid dienone is 6. The van der Waals surface area contributed by atoms with Gasteiger partial charge < -0.3 is 9.84 Å². The molecule has 9 heteroatoms. The number of hydrogen-bond acceptors (Lipinski definition) is 6. The number of ether oxygens (including phenoxy) is 1. The van der Waals surface area contributed by atoms with E-state index in [0.717, 1.165) is 5.57 Å². The van der Waals surface area contributed by atoms with Crippen molar-refractivity contribution in [3.05, 3.63) is 86.4 Å². The molecule has 7 nitrogen and oxygen atoms in total. The fraction of sp³-hybridized carbons (Fsp3) is 0.241. The number of aromatic hydroxyl groups is 1. The number of Topliss-reactive ketones (excluding diaryl/α,β-unsaturated/α-hetero) is 1. The Morgan fingerprint density at radius 1 is 1.05 bits per heavy atom. The number of para-hydroxylation sites is 1. The second-order valence-corrected chi connectivity index (χ2v) is 11.1. The van der Waals surface area contributed by atoms with E-state index in [4.69, 9.17) is 16.3 Å². The second-order valence-electron chi connectivity index (χ2n) is 9.79. The van der Waals surface area contributed by atoms with Crippen molar-refractivity contribution < 1.29 is 29.0 Å². The van der Waals surface area contributed by atoms with Gasteiger partial charge in [0, 0.05) is 23.1 Å².